The number of rotatable bonds is 7. The molecule has 0 radical (unpaired) electrons. The molecule has 1 N–H and O–H groups in total. The topological polar surface area (TPSA) is 81.7 Å². The molecule has 2 aromatic carbocycles. The van der Waals surface area contributed by atoms with Crippen LogP contribution in [0.2, 0.25) is 10.0 Å². The first-order valence-electron chi connectivity index (χ1n) is 10.1. The average Bonchev–Trinajstić information content (AvgIpc) is 3.08. The standard InChI is InChI=1S/C23H22Cl2N4O3/c1-3-32-14-23(2,31)13-28-22(30)29-21(27-28)20(16-6-10-18(25)11-7-16)19(12-26-29)15-4-8-17(24)9-5-15/h4-12,31H,3,13-14H2,1-2H3. The lowest BCUT2D eigenvalue weighted by Crippen LogP contribution is -2.39. The molecule has 1 atom stereocenters. The van der Waals surface area contributed by atoms with E-state index in [2.05, 4.69) is 10.2 Å². The second-order valence-electron chi connectivity index (χ2n) is 7.76. The Bertz CT molecular complexity index is 1300. The second kappa shape index (κ2) is 9.03. The summed E-state index contributed by atoms with van der Waals surface area (Å²) in [5, 5.41) is 20.7. The van der Waals surface area contributed by atoms with Gasteiger partial charge in [0.2, 0.25) is 0 Å². The maximum atomic E-state index is 13.0. The van der Waals surface area contributed by atoms with Gasteiger partial charge >= 0.3 is 5.69 Å². The Morgan fingerprint density at radius 1 is 1.03 bits per heavy atom. The van der Waals surface area contributed by atoms with Gasteiger partial charge in [0.05, 0.1) is 19.3 Å². The molecule has 0 saturated heterocycles. The molecule has 0 aliphatic rings. The van der Waals surface area contributed by atoms with Crippen LogP contribution < -0.4 is 5.69 Å². The number of nitrogens with zero attached hydrogens (tertiary/aromatic N) is 4. The van der Waals surface area contributed by atoms with E-state index in [0.717, 1.165) is 22.3 Å². The number of fused-ring (bicyclic) bond motifs is 1. The molecule has 2 aromatic heterocycles. The summed E-state index contributed by atoms with van der Waals surface area (Å²) in [6, 6.07) is 14.7. The quantitative estimate of drug-likeness (QED) is 0.433. The molecule has 0 fully saturated rings. The lowest BCUT2D eigenvalue weighted by atomic mass is 9.97. The summed E-state index contributed by atoms with van der Waals surface area (Å²) < 4.78 is 7.79. The molecule has 32 heavy (non-hydrogen) atoms. The van der Waals surface area contributed by atoms with E-state index in [-0.39, 0.29) is 13.2 Å². The van der Waals surface area contributed by atoms with Crippen molar-refractivity contribution in [1.82, 2.24) is 19.4 Å². The number of halogens is 2. The van der Waals surface area contributed by atoms with Gasteiger partial charge in [-0.25, -0.2) is 9.48 Å². The zero-order valence-corrected chi connectivity index (χ0v) is 19.1. The lowest BCUT2D eigenvalue weighted by molar-refractivity contribution is -0.0435. The summed E-state index contributed by atoms with van der Waals surface area (Å²) >= 11 is 12.2. The summed E-state index contributed by atoms with van der Waals surface area (Å²) in [7, 11) is 0. The van der Waals surface area contributed by atoms with Crippen molar-refractivity contribution in [2.45, 2.75) is 26.0 Å². The number of benzene rings is 2. The fourth-order valence-corrected chi connectivity index (χ4v) is 3.75. The Kier molecular flexibility index (Phi) is 6.35. The molecule has 0 bridgehead atoms. The van der Waals surface area contributed by atoms with E-state index < -0.39 is 11.3 Å². The van der Waals surface area contributed by atoms with Gasteiger partial charge in [-0.3, -0.25) is 0 Å². The number of aliphatic hydroxyl groups is 1. The minimum Gasteiger partial charge on any atom is -0.386 e. The van der Waals surface area contributed by atoms with E-state index in [0.29, 0.717) is 22.3 Å². The second-order valence-corrected chi connectivity index (χ2v) is 8.63. The zero-order valence-electron chi connectivity index (χ0n) is 17.6. The Morgan fingerprint density at radius 3 is 2.22 bits per heavy atom. The first kappa shape index (κ1) is 22.5. The van der Waals surface area contributed by atoms with Gasteiger partial charge in [-0.15, -0.1) is 5.10 Å². The molecule has 1 unspecified atom stereocenters. The van der Waals surface area contributed by atoms with Crippen LogP contribution in [0, 0.1) is 0 Å². The Balaban J connectivity index is 1.92. The number of ether oxygens (including phenoxy) is 1. The minimum atomic E-state index is -1.27. The van der Waals surface area contributed by atoms with Gasteiger partial charge in [0.15, 0.2) is 5.65 Å². The minimum absolute atomic E-state index is 0.0362. The summed E-state index contributed by atoms with van der Waals surface area (Å²) in [6.45, 7) is 3.95. The monoisotopic (exact) mass is 472 g/mol. The van der Waals surface area contributed by atoms with Gasteiger partial charge in [-0.05, 0) is 49.2 Å². The van der Waals surface area contributed by atoms with Crippen LogP contribution in [0.15, 0.2) is 59.5 Å². The summed E-state index contributed by atoms with van der Waals surface area (Å²) in [4.78, 5) is 13.0. The predicted octanol–water partition coefficient (Wildman–Crippen LogP) is 4.32. The van der Waals surface area contributed by atoms with Gasteiger partial charge < -0.3 is 9.84 Å². The first-order valence-corrected chi connectivity index (χ1v) is 10.9. The van der Waals surface area contributed by atoms with Crippen LogP contribution in [0.3, 0.4) is 0 Å². The van der Waals surface area contributed by atoms with E-state index in [9.17, 15) is 9.90 Å². The average molecular weight is 473 g/mol. The van der Waals surface area contributed by atoms with E-state index in [1.54, 1.807) is 37.4 Å². The largest absolute Gasteiger partial charge is 0.386 e. The molecule has 7 nitrogen and oxygen atoms in total. The molecule has 4 aromatic rings. The van der Waals surface area contributed by atoms with Crippen LogP contribution in [0.4, 0.5) is 0 Å². The third-order valence-corrected chi connectivity index (χ3v) is 5.51. The summed E-state index contributed by atoms with van der Waals surface area (Å²) in [6.07, 6.45) is 1.63. The molecule has 0 aliphatic carbocycles. The van der Waals surface area contributed by atoms with Crippen LogP contribution in [-0.2, 0) is 11.3 Å². The molecule has 2 heterocycles. The lowest BCUT2D eigenvalue weighted by Gasteiger charge is -2.21. The van der Waals surface area contributed by atoms with Crippen LogP contribution in [0.5, 0.6) is 0 Å². The molecule has 0 spiro atoms. The third kappa shape index (κ3) is 4.56. The van der Waals surface area contributed by atoms with Gasteiger partial charge in [0.25, 0.3) is 0 Å². The maximum Gasteiger partial charge on any atom is 0.367 e. The third-order valence-electron chi connectivity index (χ3n) is 5.01. The van der Waals surface area contributed by atoms with Crippen molar-refractivity contribution < 1.29 is 9.84 Å². The molecule has 0 amide bonds. The highest BCUT2D eigenvalue weighted by molar-refractivity contribution is 6.31. The molecule has 0 saturated carbocycles. The van der Waals surface area contributed by atoms with Crippen molar-refractivity contribution in [1.29, 1.82) is 0 Å². The fourth-order valence-electron chi connectivity index (χ4n) is 3.50. The predicted molar refractivity (Wildman–Crippen MR) is 125 cm³/mol. The molecule has 4 rings (SSSR count). The van der Waals surface area contributed by atoms with Crippen LogP contribution >= 0.6 is 23.2 Å². The smallest absolute Gasteiger partial charge is 0.367 e. The Morgan fingerprint density at radius 2 is 1.62 bits per heavy atom. The van der Waals surface area contributed by atoms with Gasteiger partial charge in [0, 0.05) is 27.8 Å². The van der Waals surface area contributed by atoms with Crippen molar-refractivity contribution in [3.8, 4) is 22.3 Å². The summed E-state index contributed by atoms with van der Waals surface area (Å²) in [5.41, 5.74) is 1.86. The van der Waals surface area contributed by atoms with E-state index in [1.165, 1.54) is 9.20 Å². The summed E-state index contributed by atoms with van der Waals surface area (Å²) in [5.74, 6) is 0. The van der Waals surface area contributed by atoms with Crippen molar-refractivity contribution in [3.05, 3.63) is 75.3 Å². The molecule has 0 aliphatic heterocycles. The van der Waals surface area contributed by atoms with Crippen molar-refractivity contribution in [3.63, 3.8) is 0 Å². The van der Waals surface area contributed by atoms with Crippen molar-refractivity contribution in [2.24, 2.45) is 0 Å². The van der Waals surface area contributed by atoms with Gasteiger partial charge in [-0.2, -0.15) is 9.61 Å². The number of hydrogen-bond donors (Lipinski definition) is 1. The maximum absolute atomic E-state index is 13.0. The van der Waals surface area contributed by atoms with E-state index in [4.69, 9.17) is 27.9 Å². The van der Waals surface area contributed by atoms with Crippen LogP contribution in [0.25, 0.3) is 27.9 Å². The zero-order chi connectivity index (χ0) is 22.9. The fraction of sp³-hybridized carbons (Fsp3) is 0.261. The van der Waals surface area contributed by atoms with Crippen LogP contribution in [0.1, 0.15) is 13.8 Å². The molecule has 166 valence electrons. The molecule has 9 heteroatoms. The van der Waals surface area contributed by atoms with E-state index >= 15 is 0 Å². The van der Waals surface area contributed by atoms with Crippen molar-refractivity contribution in [2.75, 3.05) is 13.2 Å². The number of aromatic nitrogens is 4. The van der Waals surface area contributed by atoms with Crippen LogP contribution in [-0.4, -0.2) is 43.3 Å². The Hall–Kier alpha value is -2.71. The first-order chi connectivity index (χ1) is 15.3. The highest BCUT2D eigenvalue weighted by atomic mass is 35.5. The normalized spacial score (nSPS) is 13.4. The van der Waals surface area contributed by atoms with E-state index in [1.807, 2.05) is 31.2 Å². The van der Waals surface area contributed by atoms with Gasteiger partial charge in [0.1, 0.15) is 5.60 Å². The number of hydrogen-bond acceptors (Lipinski definition) is 5. The molecular formula is C23H22Cl2N4O3. The van der Waals surface area contributed by atoms with Gasteiger partial charge in [-0.1, -0.05) is 47.5 Å². The highest BCUT2D eigenvalue weighted by Gasteiger charge is 2.25. The Labute approximate surface area is 194 Å². The molecular weight excluding hydrogens is 451 g/mol. The van der Waals surface area contributed by atoms with Crippen molar-refractivity contribution >= 4 is 28.8 Å². The highest BCUT2D eigenvalue weighted by Crippen LogP contribution is 2.35. The SMILES string of the molecule is CCOCC(C)(O)Cn1nc2c(-c3ccc(Cl)cc3)c(-c3ccc(Cl)cc3)cnn2c1=O.